The van der Waals surface area contributed by atoms with Gasteiger partial charge in [-0.15, -0.1) is 0 Å². The fraction of sp³-hybridized carbons (Fsp3) is 0.385. The van der Waals surface area contributed by atoms with Crippen LogP contribution in [-0.2, 0) is 9.53 Å². The molecule has 1 rings (SSSR count). The van der Waals surface area contributed by atoms with Crippen molar-refractivity contribution in [2.75, 3.05) is 18.5 Å². The fourth-order valence-electron chi connectivity index (χ4n) is 1.48. The van der Waals surface area contributed by atoms with Gasteiger partial charge in [-0.2, -0.15) is 0 Å². The van der Waals surface area contributed by atoms with Gasteiger partial charge in [-0.1, -0.05) is 23.4 Å². The molecule has 0 aliphatic heterocycles. The lowest BCUT2D eigenvalue weighted by Gasteiger charge is -2.10. The number of hydrogen-bond acceptors (Lipinski definition) is 4. The Hall–Kier alpha value is -1.88. The second kappa shape index (κ2) is 7.45. The molecule has 0 unspecified atom stereocenters. The summed E-state index contributed by atoms with van der Waals surface area (Å²) in [6.45, 7) is 4.55. The van der Waals surface area contributed by atoms with E-state index in [9.17, 15) is 4.79 Å². The third-order valence-electron chi connectivity index (χ3n) is 2.42. The lowest BCUT2D eigenvalue weighted by molar-refractivity contribution is -0.117. The zero-order valence-electron chi connectivity index (χ0n) is 10.6. The van der Waals surface area contributed by atoms with Gasteiger partial charge >= 0.3 is 0 Å². The van der Waals surface area contributed by atoms with Crippen LogP contribution >= 0.6 is 0 Å². The zero-order chi connectivity index (χ0) is 13.4. The van der Waals surface area contributed by atoms with Crippen LogP contribution in [0.25, 0.3) is 0 Å². The lowest BCUT2D eigenvalue weighted by Crippen LogP contribution is -2.16. The topological polar surface area (TPSA) is 70.9 Å². The average molecular weight is 250 g/mol. The molecule has 0 bridgehead atoms. The van der Waals surface area contributed by atoms with Crippen molar-refractivity contribution >= 4 is 17.3 Å². The van der Waals surface area contributed by atoms with Crippen molar-refractivity contribution in [3.05, 3.63) is 29.8 Å². The van der Waals surface area contributed by atoms with Crippen molar-refractivity contribution in [3.8, 4) is 0 Å². The molecule has 0 aliphatic rings. The molecule has 0 aromatic heterocycles. The predicted octanol–water partition coefficient (Wildman–Crippen LogP) is 2.25. The Morgan fingerprint density at radius 3 is 2.83 bits per heavy atom. The molecule has 1 amide bonds. The van der Waals surface area contributed by atoms with E-state index in [-0.39, 0.29) is 5.91 Å². The van der Waals surface area contributed by atoms with E-state index in [4.69, 9.17) is 9.94 Å². The molecule has 5 nitrogen and oxygen atoms in total. The van der Waals surface area contributed by atoms with Crippen LogP contribution in [-0.4, -0.2) is 30.0 Å². The third kappa shape index (κ3) is 4.18. The molecule has 0 radical (unpaired) electrons. The first-order valence-corrected chi connectivity index (χ1v) is 5.84. The van der Waals surface area contributed by atoms with Gasteiger partial charge in [-0.05, 0) is 19.9 Å². The molecule has 0 fully saturated rings. The second-order valence-corrected chi connectivity index (χ2v) is 3.73. The fourth-order valence-corrected chi connectivity index (χ4v) is 1.48. The van der Waals surface area contributed by atoms with Gasteiger partial charge in [0, 0.05) is 17.9 Å². The van der Waals surface area contributed by atoms with Crippen molar-refractivity contribution in [2.45, 2.75) is 20.3 Å². The Labute approximate surface area is 106 Å². The molecular formula is C13H18N2O3. The van der Waals surface area contributed by atoms with Crippen LogP contribution < -0.4 is 5.32 Å². The van der Waals surface area contributed by atoms with Crippen molar-refractivity contribution in [3.63, 3.8) is 0 Å². The SMILES string of the molecule is CCOCCC(=O)Nc1ccccc1C(C)=NO. The number of rotatable bonds is 6. The summed E-state index contributed by atoms with van der Waals surface area (Å²) in [5.74, 6) is -0.123. The molecule has 5 heteroatoms. The molecule has 0 aliphatic carbocycles. The van der Waals surface area contributed by atoms with Crippen LogP contribution in [0.5, 0.6) is 0 Å². The summed E-state index contributed by atoms with van der Waals surface area (Å²) in [6.07, 6.45) is 0.303. The van der Waals surface area contributed by atoms with Crippen LogP contribution in [0.4, 0.5) is 5.69 Å². The highest BCUT2D eigenvalue weighted by molar-refractivity contribution is 6.06. The maximum absolute atomic E-state index is 11.7. The summed E-state index contributed by atoms with van der Waals surface area (Å²) in [5, 5.41) is 14.7. The Kier molecular flexibility index (Phi) is 5.87. The first kappa shape index (κ1) is 14.2. The maximum atomic E-state index is 11.7. The number of amides is 1. The van der Waals surface area contributed by atoms with E-state index in [1.54, 1.807) is 19.1 Å². The highest BCUT2D eigenvalue weighted by atomic mass is 16.5. The Morgan fingerprint density at radius 1 is 1.44 bits per heavy atom. The highest BCUT2D eigenvalue weighted by Crippen LogP contribution is 2.16. The summed E-state index contributed by atoms with van der Waals surface area (Å²) >= 11 is 0. The molecular weight excluding hydrogens is 232 g/mol. The van der Waals surface area contributed by atoms with Gasteiger partial charge in [-0.25, -0.2) is 0 Å². The van der Waals surface area contributed by atoms with Crippen molar-refractivity contribution in [2.24, 2.45) is 5.16 Å². The van der Waals surface area contributed by atoms with Crippen molar-refractivity contribution in [1.82, 2.24) is 0 Å². The van der Waals surface area contributed by atoms with E-state index in [1.165, 1.54) is 0 Å². The Balaban J connectivity index is 2.69. The van der Waals surface area contributed by atoms with Crippen LogP contribution in [0.1, 0.15) is 25.8 Å². The number of nitrogens with zero attached hydrogens (tertiary/aromatic N) is 1. The third-order valence-corrected chi connectivity index (χ3v) is 2.42. The summed E-state index contributed by atoms with van der Waals surface area (Å²) in [5.41, 5.74) is 1.79. The van der Waals surface area contributed by atoms with Gasteiger partial charge < -0.3 is 15.3 Å². The number of carbonyl (C=O) groups excluding carboxylic acids is 1. The number of hydrogen-bond donors (Lipinski definition) is 2. The van der Waals surface area contributed by atoms with Gasteiger partial charge in [0.1, 0.15) is 0 Å². The maximum Gasteiger partial charge on any atom is 0.226 e. The predicted molar refractivity (Wildman–Crippen MR) is 70.2 cm³/mol. The molecule has 98 valence electrons. The van der Waals surface area contributed by atoms with Gasteiger partial charge in [0.15, 0.2) is 0 Å². The van der Waals surface area contributed by atoms with Crippen LogP contribution in [0.2, 0.25) is 0 Å². The minimum absolute atomic E-state index is 0.123. The molecule has 2 N–H and O–H groups in total. The molecule has 0 saturated heterocycles. The number of carbonyl (C=O) groups is 1. The lowest BCUT2D eigenvalue weighted by atomic mass is 10.1. The van der Waals surface area contributed by atoms with Crippen LogP contribution in [0.15, 0.2) is 29.4 Å². The summed E-state index contributed by atoms with van der Waals surface area (Å²) in [6, 6.07) is 7.18. The number of para-hydroxylation sites is 1. The molecule has 0 saturated carbocycles. The van der Waals surface area contributed by atoms with Crippen molar-refractivity contribution < 1.29 is 14.7 Å². The zero-order valence-corrected chi connectivity index (χ0v) is 10.6. The molecule has 0 heterocycles. The number of benzene rings is 1. The van der Waals surface area contributed by atoms with Crippen molar-refractivity contribution in [1.29, 1.82) is 0 Å². The quantitative estimate of drug-likeness (QED) is 0.352. The van der Waals surface area contributed by atoms with E-state index < -0.39 is 0 Å². The molecule has 1 aromatic carbocycles. The smallest absolute Gasteiger partial charge is 0.226 e. The van der Waals surface area contributed by atoms with E-state index in [2.05, 4.69) is 10.5 Å². The summed E-state index contributed by atoms with van der Waals surface area (Å²) in [4.78, 5) is 11.7. The van der Waals surface area contributed by atoms with Gasteiger partial charge in [0.05, 0.1) is 18.7 Å². The van der Waals surface area contributed by atoms with Crippen LogP contribution in [0, 0.1) is 0 Å². The molecule has 18 heavy (non-hydrogen) atoms. The monoisotopic (exact) mass is 250 g/mol. The Bertz CT molecular complexity index is 430. The minimum Gasteiger partial charge on any atom is -0.411 e. The van der Waals surface area contributed by atoms with E-state index >= 15 is 0 Å². The first-order chi connectivity index (χ1) is 8.69. The molecule has 0 atom stereocenters. The first-order valence-electron chi connectivity index (χ1n) is 5.84. The van der Waals surface area contributed by atoms with Gasteiger partial charge in [0.25, 0.3) is 0 Å². The largest absolute Gasteiger partial charge is 0.411 e. The Morgan fingerprint density at radius 2 is 2.17 bits per heavy atom. The highest BCUT2D eigenvalue weighted by Gasteiger charge is 2.08. The van der Waals surface area contributed by atoms with Gasteiger partial charge in [-0.3, -0.25) is 4.79 Å². The van der Waals surface area contributed by atoms with Gasteiger partial charge in [0.2, 0.25) is 5.91 Å². The summed E-state index contributed by atoms with van der Waals surface area (Å²) < 4.78 is 5.12. The standard InChI is InChI=1S/C13H18N2O3/c1-3-18-9-8-13(16)14-12-7-5-4-6-11(12)10(2)15-17/h4-7,17H,3,8-9H2,1-2H3,(H,14,16). The minimum atomic E-state index is -0.123. The molecule has 0 spiro atoms. The van der Waals surface area contributed by atoms with E-state index in [1.807, 2.05) is 19.1 Å². The second-order valence-electron chi connectivity index (χ2n) is 3.73. The van der Waals surface area contributed by atoms with E-state index in [0.29, 0.717) is 36.6 Å². The number of oxime groups is 1. The number of nitrogens with one attached hydrogen (secondary N) is 1. The number of ether oxygens (including phenoxy) is 1. The average Bonchev–Trinajstić information content (AvgIpc) is 2.39. The normalized spacial score (nSPS) is 11.3. The number of anilines is 1. The van der Waals surface area contributed by atoms with Crippen LogP contribution in [0.3, 0.4) is 0 Å². The summed E-state index contributed by atoms with van der Waals surface area (Å²) in [7, 11) is 0. The van der Waals surface area contributed by atoms with E-state index in [0.717, 1.165) is 0 Å². The molecule has 1 aromatic rings.